The Kier molecular flexibility index (Phi) is 6.76. The van der Waals surface area contributed by atoms with Crippen LogP contribution in [-0.4, -0.2) is 57.2 Å². The molecule has 1 aromatic heterocycles. The third kappa shape index (κ3) is 5.11. The maximum absolute atomic E-state index is 14.0. The van der Waals surface area contributed by atoms with Gasteiger partial charge in [0.05, 0.1) is 11.1 Å². The molecule has 2 heterocycles. The second-order valence-corrected chi connectivity index (χ2v) is 9.93. The van der Waals surface area contributed by atoms with Gasteiger partial charge in [0.1, 0.15) is 5.82 Å². The van der Waals surface area contributed by atoms with E-state index in [2.05, 4.69) is 52.7 Å². The lowest BCUT2D eigenvalue weighted by molar-refractivity contribution is -0.140. The molecule has 8 heteroatoms. The summed E-state index contributed by atoms with van der Waals surface area (Å²) < 4.78 is 1.60. The van der Waals surface area contributed by atoms with Crippen molar-refractivity contribution in [2.24, 2.45) is 11.1 Å². The van der Waals surface area contributed by atoms with E-state index in [-0.39, 0.29) is 17.8 Å². The fourth-order valence-electron chi connectivity index (χ4n) is 5.18. The molecule has 3 N–H and O–H groups in total. The fraction of sp³-hybridized carbons (Fsp3) is 0.310. The molecule has 37 heavy (non-hydrogen) atoms. The molecule has 1 unspecified atom stereocenters. The van der Waals surface area contributed by atoms with Gasteiger partial charge < -0.3 is 16.0 Å². The summed E-state index contributed by atoms with van der Waals surface area (Å²) in [6, 6.07) is 18.4. The van der Waals surface area contributed by atoms with E-state index in [4.69, 9.17) is 5.73 Å². The lowest BCUT2D eigenvalue weighted by Crippen LogP contribution is -2.55. The average molecular weight is 497 g/mol. The van der Waals surface area contributed by atoms with Crippen molar-refractivity contribution in [3.8, 4) is 5.69 Å². The molecule has 1 saturated heterocycles. The van der Waals surface area contributed by atoms with Crippen molar-refractivity contribution < 1.29 is 9.59 Å². The van der Waals surface area contributed by atoms with Crippen LogP contribution in [0.25, 0.3) is 11.3 Å². The molecule has 8 nitrogen and oxygen atoms in total. The summed E-state index contributed by atoms with van der Waals surface area (Å²) in [5.74, 6) is 0.0791. The van der Waals surface area contributed by atoms with Gasteiger partial charge in [-0.25, -0.2) is 9.67 Å². The first-order valence-corrected chi connectivity index (χ1v) is 12.6. The Bertz CT molecular complexity index is 1360. The number of primary amides is 1. The minimum Gasteiger partial charge on any atom is -0.363 e. The molecule has 3 aromatic rings. The highest BCUT2D eigenvalue weighted by Crippen LogP contribution is 2.38. The number of piperazine rings is 1. The normalized spacial score (nSPS) is 21.5. The summed E-state index contributed by atoms with van der Waals surface area (Å²) >= 11 is 0. The van der Waals surface area contributed by atoms with E-state index in [0.717, 1.165) is 28.9 Å². The topological polar surface area (TPSA) is 106 Å². The van der Waals surface area contributed by atoms with Crippen LogP contribution >= 0.6 is 0 Å². The van der Waals surface area contributed by atoms with E-state index in [1.54, 1.807) is 11.6 Å². The van der Waals surface area contributed by atoms with Crippen LogP contribution in [0.2, 0.25) is 0 Å². The number of nitrogens with two attached hydrogens (primary N) is 1. The number of allylic oxidation sites excluding steroid dienone is 3. The van der Waals surface area contributed by atoms with Gasteiger partial charge in [-0.3, -0.25) is 9.59 Å². The first-order chi connectivity index (χ1) is 17.8. The van der Waals surface area contributed by atoms with Crippen LogP contribution in [-0.2, 0) is 11.2 Å². The van der Waals surface area contributed by atoms with Crippen molar-refractivity contribution in [3.63, 3.8) is 0 Å². The third-order valence-corrected chi connectivity index (χ3v) is 7.15. The van der Waals surface area contributed by atoms with Crippen molar-refractivity contribution in [1.82, 2.24) is 25.0 Å². The molecular weight excluding hydrogens is 464 g/mol. The van der Waals surface area contributed by atoms with E-state index in [9.17, 15) is 9.59 Å². The molecule has 0 spiro atoms. The first-order valence-electron chi connectivity index (χ1n) is 12.6. The molecule has 0 radical (unpaired) electrons. The molecule has 1 aliphatic carbocycles. The van der Waals surface area contributed by atoms with Gasteiger partial charge in [0, 0.05) is 25.7 Å². The number of amides is 2. The quantitative estimate of drug-likeness (QED) is 0.546. The van der Waals surface area contributed by atoms with Crippen molar-refractivity contribution in [2.45, 2.75) is 32.7 Å². The third-order valence-electron chi connectivity index (χ3n) is 7.15. The molecule has 0 bridgehead atoms. The van der Waals surface area contributed by atoms with Gasteiger partial charge >= 0.3 is 0 Å². The number of benzene rings is 2. The number of nitrogens with zero attached hydrogens (tertiary/aromatic N) is 4. The van der Waals surface area contributed by atoms with E-state index < -0.39 is 11.3 Å². The van der Waals surface area contributed by atoms with Crippen LogP contribution in [0.4, 0.5) is 0 Å². The Morgan fingerprint density at radius 3 is 2.51 bits per heavy atom. The zero-order valence-electron chi connectivity index (χ0n) is 21.2. The SMILES string of the molecule is Cc1nc(C(N)=O)nn1-c1ccc(C[C@]2(C(=O)N3CCNC(C)C3)C=CC(c3ccccc3)=CC2)cc1. The molecule has 2 aliphatic rings. The van der Waals surface area contributed by atoms with Crippen LogP contribution in [0.1, 0.15) is 40.9 Å². The summed E-state index contributed by atoms with van der Waals surface area (Å²) in [6.45, 7) is 6.11. The molecular formula is C29H32N6O2. The zero-order valence-corrected chi connectivity index (χ0v) is 21.2. The maximum atomic E-state index is 14.0. The number of rotatable bonds is 6. The second-order valence-electron chi connectivity index (χ2n) is 9.93. The maximum Gasteiger partial charge on any atom is 0.288 e. The average Bonchev–Trinajstić information content (AvgIpc) is 3.31. The van der Waals surface area contributed by atoms with Crippen molar-refractivity contribution in [2.75, 3.05) is 19.6 Å². The summed E-state index contributed by atoms with van der Waals surface area (Å²) in [4.78, 5) is 31.6. The Morgan fingerprint density at radius 1 is 1.14 bits per heavy atom. The largest absolute Gasteiger partial charge is 0.363 e. The lowest BCUT2D eigenvalue weighted by Gasteiger charge is -2.40. The monoisotopic (exact) mass is 496 g/mol. The predicted octanol–water partition coefficient (Wildman–Crippen LogP) is 3.07. The van der Waals surface area contributed by atoms with E-state index in [1.165, 1.54) is 0 Å². The van der Waals surface area contributed by atoms with Gasteiger partial charge in [-0.2, -0.15) is 0 Å². The number of aromatic nitrogens is 3. The molecule has 5 rings (SSSR count). The number of carbonyl (C=O) groups is 2. The summed E-state index contributed by atoms with van der Waals surface area (Å²) in [7, 11) is 0. The number of aryl methyl sites for hydroxylation is 1. The summed E-state index contributed by atoms with van der Waals surface area (Å²) in [5, 5.41) is 7.65. The smallest absolute Gasteiger partial charge is 0.288 e. The van der Waals surface area contributed by atoms with Crippen LogP contribution in [0, 0.1) is 12.3 Å². The van der Waals surface area contributed by atoms with Crippen LogP contribution < -0.4 is 11.1 Å². The van der Waals surface area contributed by atoms with E-state index >= 15 is 0 Å². The highest BCUT2D eigenvalue weighted by molar-refractivity contribution is 5.89. The van der Waals surface area contributed by atoms with Gasteiger partial charge in [0.2, 0.25) is 11.7 Å². The number of carbonyl (C=O) groups excluding carboxylic acids is 2. The van der Waals surface area contributed by atoms with E-state index in [0.29, 0.717) is 31.8 Å². The Hall–Kier alpha value is -4.04. The summed E-state index contributed by atoms with van der Waals surface area (Å²) in [6.07, 6.45) is 7.62. The Balaban J connectivity index is 1.42. The lowest BCUT2D eigenvalue weighted by atomic mass is 9.73. The van der Waals surface area contributed by atoms with Gasteiger partial charge in [-0.15, -0.1) is 5.10 Å². The highest BCUT2D eigenvalue weighted by atomic mass is 16.2. The molecule has 190 valence electrons. The minimum absolute atomic E-state index is 0.00951. The first kappa shape index (κ1) is 24.6. The zero-order chi connectivity index (χ0) is 26.0. The second kappa shape index (κ2) is 10.1. The van der Waals surface area contributed by atoms with Gasteiger partial charge in [-0.1, -0.05) is 60.7 Å². The van der Waals surface area contributed by atoms with Crippen molar-refractivity contribution in [1.29, 1.82) is 0 Å². The Morgan fingerprint density at radius 2 is 1.89 bits per heavy atom. The van der Waals surface area contributed by atoms with Gasteiger partial charge in [0.25, 0.3) is 5.91 Å². The molecule has 1 aliphatic heterocycles. The molecule has 2 aromatic carbocycles. The summed E-state index contributed by atoms with van der Waals surface area (Å²) in [5.41, 5.74) is 8.80. The van der Waals surface area contributed by atoms with Gasteiger partial charge in [-0.05, 0) is 55.5 Å². The standard InChI is InChI=1S/C29H32N6O2/c1-20-19-34(17-16-31-20)28(37)29(14-12-24(13-15-29)23-6-4-3-5-7-23)18-22-8-10-25(11-9-22)35-21(2)32-27(33-35)26(30)36/h3-14,20,31H,15-19H2,1-2H3,(H2,30,36)/t20?,29-/m0/s1. The van der Waals surface area contributed by atoms with Crippen molar-refractivity contribution >= 4 is 17.4 Å². The molecule has 0 saturated carbocycles. The van der Waals surface area contributed by atoms with Crippen LogP contribution in [0.3, 0.4) is 0 Å². The van der Waals surface area contributed by atoms with Crippen LogP contribution in [0.5, 0.6) is 0 Å². The molecule has 2 atom stereocenters. The number of hydrogen-bond donors (Lipinski definition) is 2. The minimum atomic E-state index is -0.659. The number of nitrogens with one attached hydrogen (secondary N) is 1. The highest BCUT2D eigenvalue weighted by Gasteiger charge is 2.40. The van der Waals surface area contributed by atoms with Crippen LogP contribution in [0.15, 0.2) is 72.8 Å². The molecule has 2 amide bonds. The Labute approximate surface area is 216 Å². The van der Waals surface area contributed by atoms with Crippen molar-refractivity contribution in [3.05, 3.63) is 95.6 Å². The number of hydrogen-bond acceptors (Lipinski definition) is 5. The predicted molar refractivity (Wildman–Crippen MR) is 143 cm³/mol. The fourth-order valence-corrected chi connectivity index (χ4v) is 5.18. The molecule has 1 fully saturated rings. The van der Waals surface area contributed by atoms with Gasteiger partial charge in [0.15, 0.2) is 0 Å². The van der Waals surface area contributed by atoms with E-state index in [1.807, 2.05) is 47.4 Å².